The fourth-order valence-electron chi connectivity index (χ4n) is 5.10. The van der Waals surface area contributed by atoms with Gasteiger partial charge in [0.25, 0.3) is 20.2 Å². The molecule has 5 N–H and O–H groups in total. The second-order valence-electron chi connectivity index (χ2n) is 11.5. The molecule has 0 aliphatic heterocycles. The second kappa shape index (κ2) is 18.3. The lowest BCUT2D eigenvalue weighted by atomic mass is 9.71. The number of carbonyl (C=O) groups is 7. The number of amides is 3. The highest BCUT2D eigenvalue weighted by Crippen LogP contribution is 2.35. The van der Waals surface area contributed by atoms with Gasteiger partial charge in [-0.15, -0.1) is 0 Å². The van der Waals surface area contributed by atoms with Gasteiger partial charge in [0.15, 0.2) is 0 Å². The Bertz CT molecular complexity index is 1760. The van der Waals surface area contributed by atoms with E-state index in [1.807, 2.05) is 0 Å². The van der Waals surface area contributed by atoms with Crippen molar-refractivity contribution in [2.75, 3.05) is 11.8 Å². The van der Waals surface area contributed by atoms with Crippen LogP contribution in [-0.4, -0.2) is 85.0 Å². The summed E-state index contributed by atoms with van der Waals surface area (Å²) in [7, 11) is -9.47. The fraction of sp³-hybridized carbons (Fsp3) is 0.387. The molecule has 4 atom stereocenters. The van der Waals surface area contributed by atoms with Crippen molar-refractivity contribution in [1.82, 2.24) is 16.0 Å². The van der Waals surface area contributed by atoms with Crippen LogP contribution in [0, 0.1) is 17.8 Å². The second-order valence-corrected chi connectivity index (χ2v) is 14.4. The normalized spacial score (nSPS) is 18.0. The van der Waals surface area contributed by atoms with E-state index < -0.39 is 103 Å². The SMILES string of the molecule is O=C(CC(NC(=O)C1C[C@@H](C(=O)C(=O)OCc2ccccc2)C[C@@H](C(=O)C(=O)OCc2ccccc2)C1)C(=O)NCS(=O)(=O)O)NCS(=O)(=O)O. The van der Waals surface area contributed by atoms with Crippen LogP contribution in [0.25, 0.3) is 0 Å². The van der Waals surface area contributed by atoms with Crippen molar-refractivity contribution in [2.45, 2.75) is 44.9 Å². The third-order valence-electron chi connectivity index (χ3n) is 7.55. The molecule has 276 valence electrons. The minimum absolute atomic E-state index is 0.268. The van der Waals surface area contributed by atoms with Gasteiger partial charge in [-0.05, 0) is 30.4 Å². The summed E-state index contributed by atoms with van der Waals surface area (Å²) in [5.74, 6) is -15.0. The average Bonchev–Trinajstić information content (AvgIpc) is 3.10. The molecular formula is C31H35N3O15S2. The maximum Gasteiger partial charge on any atom is 0.375 e. The lowest BCUT2D eigenvalue weighted by molar-refractivity contribution is -0.160. The van der Waals surface area contributed by atoms with Crippen LogP contribution in [-0.2, 0) is 76.5 Å². The van der Waals surface area contributed by atoms with E-state index in [0.29, 0.717) is 11.1 Å². The van der Waals surface area contributed by atoms with Crippen molar-refractivity contribution in [2.24, 2.45) is 17.8 Å². The lowest BCUT2D eigenvalue weighted by Crippen LogP contribution is -2.52. The number of benzene rings is 2. The van der Waals surface area contributed by atoms with Gasteiger partial charge in [-0.2, -0.15) is 16.8 Å². The molecule has 1 saturated carbocycles. The van der Waals surface area contributed by atoms with E-state index in [1.54, 1.807) is 71.3 Å². The zero-order valence-electron chi connectivity index (χ0n) is 26.8. The highest BCUT2D eigenvalue weighted by molar-refractivity contribution is 7.86. The van der Waals surface area contributed by atoms with Gasteiger partial charge in [-0.1, -0.05) is 60.7 Å². The summed E-state index contributed by atoms with van der Waals surface area (Å²) in [5.41, 5.74) is 1.13. The molecule has 3 rings (SSSR count). The molecule has 20 heteroatoms. The van der Waals surface area contributed by atoms with Gasteiger partial charge >= 0.3 is 11.9 Å². The van der Waals surface area contributed by atoms with Crippen LogP contribution >= 0.6 is 0 Å². The average molecular weight is 754 g/mol. The predicted molar refractivity (Wildman–Crippen MR) is 172 cm³/mol. The molecule has 51 heavy (non-hydrogen) atoms. The number of hydrogen-bond acceptors (Lipinski definition) is 13. The van der Waals surface area contributed by atoms with Crippen molar-refractivity contribution in [3.63, 3.8) is 0 Å². The van der Waals surface area contributed by atoms with E-state index in [0.717, 1.165) is 0 Å². The topological polar surface area (TPSA) is 283 Å². The molecule has 3 amide bonds. The molecule has 0 radical (unpaired) electrons. The summed E-state index contributed by atoms with van der Waals surface area (Å²) < 4.78 is 72.5. The summed E-state index contributed by atoms with van der Waals surface area (Å²) in [6, 6.07) is 14.8. The van der Waals surface area contributed by atoms with Gasteiger partial charge in [-0.3, -0.25) is 33.1 Å². The molecule has 0 bridgehead atoms. The van der Waals surface area contributed by atoms with Gasteiger partial charge in [-0.25, -0.2) is 9.59 Å². The fourth-order valence-corrected chi connectivity index (χ4v) is 5.76. The Morgan fingerprint density at radius 3 is 1.49 bits per heavy atom. The molecule has 2 unspecified atom stereocenters. The highest BCUT2D eigenvalue weighted by Gasteiger charge is 2.43. The van der Waals surface area contributed by atoms with E-state index in [4.69, 9.17) is 18.6 Å². The van der Waals surface area contributed by atoms with Crippen LogP contribution < -0.4 is 16.0 Å². The first-order chi connectivity index (χ1) is 23.9. The number of esters is 2. The monoisotopic (exact) mass is 753 g/mol. The maximum absolute atomic E-state index is 13.5. The van der Waals surface area contributed by atoms with Crippen molar-refractivity contribution in [3.8, 4) is 0 Å². The summed E-state index contributed by atoms with van der Waals surface area (Å²) in [5, 5.41) is 5.73. The van der Waals surface area contributed by atoms with Gasteiger partial charge in [0.05, 0.1) is 6.42 Å². The number of ether oxygens (including phenoxy) is 2. The largest absolute Gasteiger partial charge is 0.455 e. The molecule has 0 spiro atoms. The minimum Gasteiger partial charge on any atom is -0.455 e. The number of Topliss-reactive ketones (excluding diaryl/α,β-unsaturated/α-hetero) is 2. The molecule has 18 nitrogen and oxygen atoms in total. The zero-order valence-corrected chi connectivity index (χ0v) is 28.4. The van der Waals surface area contributed by atoms with Crippen molar-refractivity contribution < 1.29 is 69.0 Å². The van der Waals surface area contributed by atoms with Crippen LogP contribution in [0.3, 0.4) is 0 Å². The molecule has 1 aliphatic rings. The third-order valence-corrected chi connectivity index (χ3v) is 8.57. The van der Waals surface area contributed by atoms with E-state index in [9.17, 15) is 50.4 Å². The Kier molecular flexibility index (Phi) is 14.5. The summed E-state index contributed by atoms with van der Waals surface area (Å²) in [6.45, 7) is -0.535. The third kappa shape index (κ3) is 14.0. The Morgan fingerprint density at radius 2 is 1.06 bits per heavy atom. The number of ketones is 2. The summed E-state index contributed by atoms with van der Waals surface area (Å²) >= 11 is 0. The minimum atomic E-state index is -4.78. The van der Waals surface area contributed by atoms with E-state index in [-0.39, 0.29) is 32.5 Å². The van der Waals surface area contributed by atoms with Gasteiger partial charge in [0, 0.05) is 17.8 Å². The number of nitrogens with one attached hydrogen (secondary N) is 3. The van der Waals surface area contributed by atoms with Crippen molar-refractivity contribution in [3.05, 3.63) is 71.8 Å². The predicted octanol–water partition coefficient (Wildman–Crippen LogP) is -0.558. The molecule has 0 heterocycles. The van der Waals surface area contributed by atoms with Gasteiger partial charge in [0.1, 0.15) is 31.0 Å². The first-order valence-corrected chi connectivity index (χ1v) is 18.4. The smallest absolute Gasteiger partial charge is 0.375 e. The Balaban J connectivity index is 1.82. The summed E-state index contributed by atoms with van der Waals surface area (Å²) in [4.78, 5) is 90.6. The van der Waals surface area contributed by atoms with Crippen LogP contribution in [0.5, 0.6) is 0 Å². The van der Waals surface area contributed by atoms with Crippen LogP contribution in [0.4, 0.5) is 0 Å². The number of carbonyl (C=O) groups excluding carboxylic acids is 7. The first-order valence-electron chi connectivity index (χ1n) is 15.2. The Labute approximate surface area is 292 Å². The molecule has 2 aromatic rings. The highest BCUT2D eigenvalue weighted by atomic mass is 32.2. The molecule has 0 saturated heterocycles. The van der Waals surface area contributed by atoms with Crippen LogP contribution in [0.2, 0.25) is 0 Å². The van der Waals surface area contributed by atoms with Crippen LogP contribution in [0.15, 0.2) is 60.7 Å². The molecule has 2 aromatic carbocycles. The molecule has 1 aliphatic carbocycles. The standard InChI is InChI=1S/C31H35N3O15S2/c35-25(32-17-50(42,43)44)14-24(29(39)33-18-51(45,46)47)34-28(38)23-12-21(26(36)30(40)48-15-19-7-3-1-4-8-19)11-22(13-23)27(37)31(41)49-16-20-9-5-2-6-10-20/h1-10,21-24H,11-18H2,(H,32,35)(H,33,39)(H,34,38)(H,42,43,44)(H,45,46,47)/t21-,22+,23?,24?. The van der Waals surface area contributed by atoms with Gasteiger partial charge in [0.2, 0.25) is 29.3 Å². The van der Waals surface area contributed by atoms with Gasteiger partial charge < -0.3 is 25.4 Å². The van der Waals surface area contributed by atoms with E-state index in [1.165, 1.54) is 0 Å². The Morgan fingerprint density at radius 1 is 0.647 bits per heavy atom. The maximum atomic E-state index is 13.5. The molecule has 1 fully saturated rings. The number of hydrogen-bond donors (Lipinski definition) is 5. The van der Waals surface area contributed by atoms with Crippen LogP contribution in [0.1, 0.15) is 36.8 Å². The molecule has 0 aromatic heterocycles. The summed E-state index contributed by atoms with van der Waals surface area (Å²) in [6.07, 6.45) is -2.13. The van der Waals surface area contributed by atoms with Crippen molar-refractivity contribution >= 4 is 61.5 Å². The quantitative estimate of drug-likeness (QED) is 0.0769. The lowest BCUT2D eigenvalue weighted by Gasteiger charge is -2.32. The van der Waals surface area contributed by atoms with E-state index in [2.05, 4.69) is 5.32 Å². The number of rotatable bonds is 17. The zero-order chi connectivity index (χ0) is 37.8. The first kappa shape index (κ1) is 40.4. The van der Waals surface area contributed by atoms with Crippen molar-refractivity contribution in [1.29, 1.82) is 0 Å². The Hall–Kier alpha value is -5.05. The van der Waals surface area contributed by atoms with E-state index >= 15 is 0 Å². The molecular weight excluding hydrogens is 718 g/mol.